The molecule has 92 valence electrons. The number of aromatic hydroxyl groups is 1. The summed E-state index contributed by atoms with van der Waals surface area (Å²) in [5.74, 6) is -0.187. The molecular formula is C15H14O3. The van der Waals surface area contributed by atoms with Crippen LogP contribution in [0, 0.1) is 0 Å². The summed E-state index contributed by atoms with van der Waals surface area (Å²) in [6, 6.07) is 10.8. The van der Waals surface area contributed by atoms with Gasteiger partial charge in [0.1, 0.15) is 12.4 Å². The number of esters is 1. The standard InChI is InChI=1S/C15H14O3/c1-10(2)15(17)18-9-11-5-3-7-13-12(11)6-4-8-14(13)16/h3-8,16H,1,9H2,2H3. The van der Waals surface area contributed by atoms with Crippen LogP contribution in [0.2, 0.25) is 0 Å². The molecule has 0 spiro atoms. The number of hydrogen-bond donors (Lipinski definition) is 1. The fraction of sp³-hybridized carbons (Fsp3) is 0.133. The smallest absolute Gasteiger partial charge is 0.333 e. The van der Waals surface area contributed by atoms with Gasteiger partial charge in [-0.25, -0.2) is 4.79 Å². The fourth-order valence-electron chi connectivity index (χ4n) is 1.75. The van der Waals surface area contributed by atoms with Gasteiger partial charge in [-0.3, -0.25) is 0 Å². The first-order valence-electron chi connectivity index (χ1n) is 5.62. The second-order valence-electron chi connectivity index (χ2n) is 4.15. The number of rotatable bonds is 3. The summed E-state index contributed by atoms with van der Waals surface area (Å²) in [5.41, 5.74) is 1.23. The largest absolute Gasteiger partial charge is 0.507 e. The maximum absolute atomic E-state index is 11.3. The van der Waals surface area contributed by atoms with Gasteiger partial charge >= 0.3 is 5.97 Å². The number of phenols is 1. The Bertz CT molecular complexity index is 614. The highest BCUT2D eigenvalue weighted by molar-refractivity contribution is 5.91. The lowest BCUT2D eigenvalue weighted by atomic mass is 10.0. The third kappa shape index (κ3) is 2.35. The van der Waals surface area contributed by atoms with Crippen LogP contribution in [-0.2, 0) is 16.1 Å². The van der Waals surface area contributed by atoms with Crippen molar-refractivity contribution in [3.05, 3.63) is 54.1 Å². The van der Waals surface area contributed by atoms with Crippen LogP contribution < -0.4 is 0 Å². The highest BCUT2D eigenvalue weighted by atomic mass is 16.5. The Hall–Kier alpha value is -2.29. The summed E-state index contributed by atoms with van der Waals surface area (Å²) < 4.78 is 5.12. The minimum absolute atomic E-state index is 0.173. The number of benzene rings is 2. The number of hydrogen-bond acceptors (Lipinski definition) is 3. The molecule has 0 aliphatic heterocycles. The lowest BCUT2D eigenvalue weighted by Crippen LogP contribution is -2.05. The lowest BCUT2D eigenvalue weighted by molar-refractivity contribution is -0.140. The van der Waals surface area contributed by atoms with E-state index in [0.717, 1.165) is 16.3 Å². The van der Waals surface area contributed by atoms with E-state index >= 15 is 0 Å². The molecule has 0 unspecified atom stereocenters. The van der Waals surface area contributed by atoms with Gasteiger partial charge in [0.25, 0.3) is 0 Å². The Balaban J connectivity index is 2.32. The SMILES string of the molecule is C=C(C)C(=O)OCc1cccc2c(O)cccc12. The van der Waals surface area contributed by atoms with Crippen LogP contribution in [0.4, 0.5) is 0 Å². The molecule has 0 saturated carbocycles. The van der Waals surface area contributed by atoms with Gasteiger partial charge in [0.15, 0.2) is 0 Å². The van der Waals surface area contributed by atoms with E-state index in [9.17, 15) is 9.90 Å². The Morgan fingerprint density at radius 3 is 2.61 bits per heavy atom. The Kier molecular flexibility index (Phi) is 3.33. The molecule has 2 aromatic carbocycles. The zero-order valence-electron chi connectivity index (χ0n) is 10.1. The van der Waals surface area contributed by atoms with E-state index in [1.807, 2.05) is 24.3 Å². The predicted octanol–water partition coefficient (Wildman–Crippen LogP) is 3.16. The van der Waals surface area contributed by atoms with Gasteiger partial charge in [-0.2, -0.15) is 0 Å². The highest BCUT2D eigenvalue weighted by Crippen LogP contribution is 2.27. The van der Waals surface area contributed by atoms with Gasteiger partial charge in [-0.05, 0) is 23.9 Å². The van der Waals surface area contributed by atoms with E-state index in [1.165, 1.54) is 0 Å². The van der Waals surface area contributed by atoms with Crippen LogP contribution in [0.15, 0.2) is 48.6 Å². The molecule has 2 aromatic rings. The van der Waals surface area contributed by atoms with Crippen molar-refractivity contribution in [2.45, 2.75) is 13.5 Å². The second kappa shape index (κ2) is 4.92. The van der Waals surface area contributed by atoms with E-state index < -0.39 is 5.97 Å². The third-order valence-electron chi connectivity index (χ3n) is 2.70. The van der Waals surface area contributed by atoms with E-state index in [1.54, 1.807) is 19.1 Å². The fourth-order valence-corrected chi connectivity index (χ4v) is 1.75. The van der Waals surface area contributed by atoms with Crippen LogP contribution in [0.3, 0.4) is 0 Å². The van der Waals surface area contributed by atoms with Crippen LogP contribution in [0.25, 0.3) is 10.8 Å². The third-order valence-corrected chi connectivity index (χ3v) is 2.70. The van der Waals surface area contributed by atoms with Crippen molar-refractivity contribution < 1.29 is 14.6 Å². The molecule has 3 nitrogen and oxygen atoms in total. The molecule has 0 amide bonds. The minimum atomic E-state index is -0.410. The first-order chi connectivity index (χ1) is 8.59. The summed E-state index contributed by atoms with van der Waals surface area (Å²) in [5, 5.41) is 11.4. The van der Waals surface area contributed by atoms with Crippen molar-refractivity contribution >= 4 is 16.7 Å². The Labute approximate surface area is 105 Å². The molecule has 3 heteroatoms. The van der Waals surface area contributed by atoms with Crippen molar-refractivity contribution in [3.8, 4) is 5.75 Å². The van der Waals surface area contributed by atoms with Crippen molar-refractivity contribution in [1.29, 1.82) is 0 Å². The van der Waals surface area contributed by atoms with Gasteiger partial charge in [0.05, 0.1) is 0 Å². The average molecular weight is 242 g/mol. The Morgan fingerprint density at radius 2 is 1.89 bits per heavy atom. The quantitative estimate of drug-likeness (QED) is 0.664. The van der Waals surface area contributed by atoms with Crippen molar-refractivity contribution in [3.63, 3.8) is 0 Å². The first kappa shape index (κ1) is 12.2. The van der Waals surface area contributed by atoms with Crippen LogP contribution in [-0.4, -0.2) is 11.1 Å². The van der Waals surface area contributed by atoms with Gasteiger partial charge in [0, 0.05) is 11.0 Å². The molecule has 0 saturated heterocycles. The van der Waals surface area contributed by atoms with Gasteiger partial charge < -0.3 is 9.84 Å². The number of carbonyl (C=O) groups excluding carboxylic acids is 1. The van der Waals surface area contributed by atoms with Crippen molar-refractivity contribution in [1.82, 2.24) is 0 Å². The molecular weight excluding hydrogens is 228 g/mol. The zero-order chi connectivity index (χ0) is 13.1. The number of ether oxygens (including phenoxy) is 1. The maximum atomic E-state index is 11.3. The molecule has 0 heterocycles. The highest BCUT2D eigenvalue weighted by Gasteiger charge is 2.07. The maximum Gasteiger partial charge on any atom is 0.333 e. The minimum Gasteiger partial charge on any atom is -0.507 e. The molecule has 0 atom stereocenters. The summed E-state index contributed by atoms with van der Waals surface area (Å²) >= 11 is 0. The summed E-state index contributed by atoms with van der Waals surface area (Å²) in [7, 11) is 0. The first-order valence-corrected chi connectivity index (χ1v) is 5.62. The van der Waals surface area contributed by atoms with Crippen LogP contribution in [0.1, 0.15) is 12.5 Å². The van der Waals surface area contributed by atoms with Crippen LogP contribution in [0.5, 0.6) is 5.75 Å². The summed E-state index contributed by atoms with van der Waals surface area (Å²) in [6.07, 6.45) is 0. The topological polar surface area (TPSA) is 46.5 Å². The monoisotopic (exact) mass is 242 g/mol. The van der Waals surface area contributed by atoms with Gasteiger partial charge in [-0.1, -0.05) is 36.9 Å². The van der Waals surface area contributed by atoms with E-state index in [2.05, 4.69) is 6.58 Å². The van der Waals surface area contributed by atoms with E-state index in [0.29, 0.717) is 5.57 Å². The van der Waals surface area contributed by atoms with Crippen LogP contribution >= 0.6 is 0 Å². The number of fused-ring (bicyclic) bond motifs is 1. The molecule has 0 bridgehead atoms. The molecule has 18 heavy (non-hydrogen) atoms. The number of phenolic OH excluding ortho intramolecular Hbond substituents is 1. The van der Waals surface area contributed by atoms with Crippen molar-refractivity contribution in [2.24, 2.45) is 0 Å². The molecule has 0 fully saturated rings. The molecule has 1 N–H and O–H groups in total. The van der Waals surface area contributed by atoms with Crippen molar-refractivity contribution in [2.75, 3.05) is 0 Å². The normalized spacial score (nSPS) is 10.3. The summed E-state index contributed by atoms with van der Waals surface area (Å²) in [6.45, 7) is 5.31. The Morgan fingerprint density at radius 1 is 1.22 bits per heavy atom. The number of carbonyl (C=O) groups is 1. The molecule has 2 rings (SSSR count). The van der Waals surface area contributed by atoms with E-state index in [-0.39, 0.29) is 12.4 Å². The average Bonchev–Trinajstić information content (AvgIpc) is 2.36. The summed E-state index contributed by atoms with van der Waals surface area (Å²) in [4.78, 5) is 11.3. The lowest BCUT2D eigenvalue weighted by Gasteiger charge is -2.08. The second-order valence-corrected chi connectivity index (χ2v) is 4.15. The molecule has 0 radical (unpaired) electrons. The molecule has 0 aliphatic carbocycles. The molecule has 0 aliphatic rings. The zero-order valence-corrected chi connectivity index (χ0v) is 10.1. The predicted molar refractivity (Wildman–Crippen MR) is 70.2 cm³/mol. The van der Waals surface area contributed by atoms with E-state index in [4.69, 9.17) is 4.74 Å². The molecule has 0 aromatic heterocycles. The van der Waals surface area contributed by atoms with Gasteiger partial charge in [0.2, 0.25) is 0 Å². The van der Waals surface area contributed by atoms with Gasteiger partial charge in [-0.15, -0.1) is 0 Å².